The molecule has 0 saturated carbocycles. The zero-order chi connectivity index (χ0) is 19.0. The fourth-order valence-corrected chi connectivity index (χ4v) is 4.69. The highest BCUT2D eigenvalue weighted by molar-refractivity contribution is 7.89. The maximum absolute atomic E-state index is 12.8. The summed E-state index contributed by atoms with van der Waals surface area (Å²) in [6.45, 7) is 1.88. The van der Waals surface area contributed by atoms with Crippen molar-refractivity contribution in [1.82, 2.24) is 9.38 Å². The molecule has 0 fully saturated rings. The van der Waals surface area contributed by atoms with Crippen LogP contribution in [0.15, 0.2) is 71.7 Å². The number of aromatic nitrogens is 2. The van der Waals surface area contributed by atoms with Crippen molar-refractivity contribution >= 4 is 26.3 Å². The minimum Gasteiger partial charge on any atom is -0.269 e. The molecular formula is C21H18N2O3S. The van der Waals surface area contributed by atoms with Crippen molar-refractivity contribution in [2.45, 2.75) is 18.4 Å². The first-order chi connectivity index (χ1) is 12.9. The molecule has 0 radical (unpaired) electrons. The van der Waals surface area contributed by atoms with E-state index in [1.54, 1.807) is 12.3 Å². The Labute approximate surface area is 156 Å². The molecule has 136 valence electrons. The van der Waals surface area contributed by atoms with Crippen molar-refractivity contribution in [3.8, 4) is 0 Å². The molecule has 5 nitrogen and oxygen atoms in total. The van der Waals surface area contributed by atoms with Crippen LogP contribution < -0.4 is 5.56 Å². The van der Waals surface area contributed by atoms with Gasteiger partial charge in [-0.15, -0.1) is 0 Å². The van der Waals surface area contributed by atoms with Gasteiger partial charge >= 0.3 is 0 Å². The zero-order valence-electron chi connectivity index (χ0n) is 14.8. The summed E-state index contributed by atoms with van der Waals surface area (Å²) >= 11 is 0. The van der Waals surface area contributed by atoms with Gasteiger partial charge in [0.05, 0.1) is 17.2 Å². The number of fused-ring (bicyclic) bond motifs is 2. The number of benzene rings is 2. The van der Waals surface area contributed by atoms with Crippen LogP contribution in [-0.2, 0) is 21.3 Å². The van der Waals surface area contributed by atoms with E-state index in [2.05, 4.69) is 4.98 Å². The molecule has 0 aliphatic carbocycles. The van der Waals surface area contributed by atoms with Gasteiger partial charge in [-0.2, -0.15) is 0 Å². The van der Waals surface area contributed by atoms with Gasteiger partial charge in [-0.05, 0) is 34.9 Å². The third-order valence-electron chi connectivity index (χ3n) is 4.48. The van der Waals surface area contributed by atoms with Crippen molar-refractivity contribution in [1.29, 1.82) is 0 Å². The molecule has 0 unspecified atom stereocenters. The number of aryl methyl sites for hydroxylation is 1. The molecule has 0 aliphatic heterocycles. The molecule has 0 spiro atoms. The molecule has 0 aliphatic rings. The molecule has 0 bridgehead atoms. The van der Waals surface area contributed by atoms with Gasteiger partial charge < -0.3 is 0 Å². The average Bonchev–Trinajstić information content (AvgIpc) is 2.62. The molecule has 6 heteroatoms. The maximum Gasteiger partial charge on any atom is 0.258 e. The standard InChI is InChI=1S/C21H18N2O3S/c1-15-9-10-20-22-18(11-21(24)23(20)12-15)14-27(25,26)13-17-7-4-6-16-5-2-3-8-19(16)17/h2-12H,13-14H2,1H3. The Balaban J connectivity index is 1.68. The van der Waals surface area contributed by atoms with E-state index in [1.807, 2.05) is 55.5 Å². The van der Waals surface area contributed by atoms with Gasteiger partial charge in [-0.25, -0.2) is 13.4 Å². The Morgan fingerprint density at radius 1 is 0.963 bits per heavy atom. The maximum atomic E-state index is 12.8. The molecule has 2 aromatic heterocycles. The Bertz CT molecular complexity index is 1320. The highest BCUT2D eigenvalue weighted by atomic mass is 32.2. The number of rotatable bonds is 4. The molecule has 0 N–H and O–H groups in total. The van der Waals surface area contributed by atoms with Crippen molar-refractivity contribution in [2.75, 3.05) is 0 Å². The van der Waals surface area contributed by atoms with Gasteiger partial charge in [0.1, 0.15) is 5.65 Å². The van der Waals surface area contributed by atoms with Crippen molar-refractivity contribution in [3.63, 3.8) is 0 Å². The molecule has 0 saturated heterocycles. The molecule has 27 heavy (non-hydrogen) atoms. The highest BCUT2D eigenvalue weighted by Gasteiger charge is 2.17. The summed E-state index contributed by atoms with van der Waals surface area (Å²) in [6, 6.07) is 18.2. The monoisotopic (exact) mass is 378 g/mol. The van der Waals surface area contributed by atoms with Gasteiger partial charge in [-0.3, -0.25) is 9.20 Å². The molecule has 0 atom stereocenters. The van der Waals surface area contributed by atoms with Crippen molar-refractivity contribution < 1.29 is 8.42 Å². The van der Waals surface area contributed by atoms with Crippen LogP contribution in [0.5, 0.6) is 0 Å². The minimum atomic E-state index is -3.48. The Kier molecular flexibility index (Phi) is 4.28. The van der Waals surface area contributed by atoms with Crippen LogP contribution in [0.3, 0.4) is 0 Å². The quantitative estimate of drug-likeness (QED) is 0.547. The average molecular weight is 378 g/mol. The first kappa shape index (κ1) is 17.4. The molecule has 2 aromatic carbocycles. The smallest absolute Gasteiger partial charge is 0.258 e. The van der Waals surface area contributed by atoms with Crippen molar-refractivity contribution in [2.24, 2.45) is 0 Å². The second-order valence-corrected chi connectivity index (χ2v) is 8.76. The van der Waals surface area contributed by atoms with E-state index in [0.29, 0.717) is 5.65 Å². The van der Waals surface area contributed by atoms with Gasteiger partial charge in [-0.1, -0.05) is 48.5 Å². The first-order valence-corrected chi connectivity index (χ1v) is 10.4. The van der Waals surface area contributed by atoms with Gasteiger partial charge in [0, 0.05) is 12.3 Å². The van der Waals surface area contributed by atoms with E-state index < -0.39 is 9.84 Å². The van der Waals surface area contributed by atoms with Crippen LogP contribution in [0.25, 0.3) is 16.4 Å². The summed E-state index contributed by atoms with van der Waals surface area (Å²) in [5.74, 6) is -0.362. The third-order valence-corrected chi connectivity index (χ3v) is 5.97. The second-order valence-electron chi connectivity index (χ2n) is 6.69. The molecule has 0 amide bonds. The fourth-order valence-electron chi connectivity index (χ4n) is 3.26. The van der Waals surface area contributed by atoms with E-state index in [0.717, 1.165) is 21.9 Å². The minimum absolute atomic E-state index is 0.0939. The third kappa shape index (κ3) is 3.61. The molecular weight excluding hydrogens is 360 g/mol. The van der Waals surface area contributed by atoms with E-state index in [4.69, 9.17) is 0 Å². The summed E-state index contributed by atoms with van der Waals surface area (Å²) in [7, 11) is -3.48. The molecule has 2 heterocycles. The predicted molar refractivity (Wildman–Crippen MR) is 106 cm³/mol. The van der Waals surface area contributed by atoms with E-state index in [9.17, 15) is 13.2 Å². The van der Waals surface area contributed by atoms with Crippen LogP contribution in [-0.4, -0.2) is 17.8 Å². The van der Waals surface area contributed by atoms with Gasteiger partial charge in [0.15, 0.2) is 9.84 Å². The lowest BCUT2D eigenvalue weighted by atomic mass is 10.1. The fraction of sp³-hybridized carbons (Fsp3) is 0.143. The van der Waals surface area contributed by atoms with Crippen molar-refractivity contribution in [3.05, 3.63) is 94.0 Å². The summed E-state index contributed by atoms with van der Waals surface area (Å²) in [6.07, 6.45) is 1.69. The van der Waals surface area contributed by atoms with Crippen LogP contribution in [0.1, 0.15) is 16.8 Å². The zero-order valence-corrected chi connectivity index (χ0v) is 15.6. The van der Waals surface area contributed by atoms with Gasteiger partial charge in [0.2, 0.25) is 0 Å². The van der Waals surface area contributed by atoms with E-state index >= 15 is 0 Å². The number of sulfone groups is 1. The summed E-state index contributed by atoms with van der Waals surface area (Å²) in [5, 5.41) is 1.92. The summed E-state index contributed by atoms with van der Waals surface area (Å²) < 4.78 is 27.0. The van der Waals surface area contributed by atoms with Crippen LogP contribution in [0.4, 0.5) is 0 Å². The largest absolute Gasteiger partial charge is 0.269 e. The Morgan fingerprint density at radius 3 is 2.59 bits per heavy atom. The summed E-state index contributed by atoms with van der Waals surface area (Å²) in [5.41, 5.74) is 2.12. The topological polar surface area (TPSA) is 68.5 Å². The van der Waals surface area contributed by atoms with E-state index in [1.165, 1.54) is 10.5 Å². The molecule has 4 aromatic rings. The normalized spacial score (nSPS) is 11.9. The lowest BCUT2D eigenvalue weighted by Gasteiger charge is -2.09. The number of hydrogen-bond acceptors (Lipinski definition) is 4. The molecule has 4 rings (SSSR count). The van der Waals surface area contributed by atoms with Crippen LogP contribution in [0, 0.1) is 6.92 Å². The van der Waals surface area contributed by atoms with Gasteiger partial charge in [0.25, 0.3) is 5.56 Å². The number of pyridine rings is 1. The van der Waals surface area contributed by atoms with Crippen LogP contribution in [0.2, 0.25) is 0 Å². The Morgan fingerprint density at radius 2 is 1.74 bits per heavy atom. The lowest BCUT2D eigenvalue weighted by molar-refractivity contribution is 0.594. The van der Waals surface area contributed by atoms with E-state index in [-0.39, 0.29) is 22.8 Å². The summed E-state index contributed by atoms with van der Waals surface area (Å²) in [4.78, 5) is 16.6. The second kappa shape index (κ2) is 6.63. The number of nitrogens with zero attached hydrogens (tertiary/aromatic N) is 2. The lowest BCUT2D eigenvalue weighted by Crippen LogP contribution is -2.18. The Hall–Kier alpha value is -2.99. The first-order valence-electron chi connectivity index (χ1n) is 8.57. The number of hydrogen-bond donors (Lipinski definition) is 0. The van der Waals surface area contributed by atoms with Crippen LogP contribution >= 0.6 is 0 Å². The highest BCUT2D eigenvalue weighted by Crippen LogP contribution is 2.21. The predicted octanol–water partition coefficient (Wildman–Crippen LogP) is 3.27. The SMILES string of the molecule is Cc1ccc2nc(CS(=O)(=O)Cc3cccc4ccccc34)cc(=O)n2c1.